The number of hydrogen-bond acceptors (Lipinski definition) is 5. The molecule has 0 radical (unpaired) electrons. The summed E-state index contributed by atoms with van der Waals surface area (Å²) < 4.78 is 12.3. The molecule has 2 heterocycles. The van der Waals surface area contributed by atoms with Crippen LogP contribution in [0.1, 0.15) is 10.4 Å². The van der Waals surface area contributed by atoms with Crippen LogP contribution in [0.5, 0.6) is 0 Å². The molecule has 114 valence electrons. The highest BCUT2D eigenvalue weighted by Crippen LogP contribution is 2.17. The zero-order valence-corrected chi connectivity index (χ0v) is 13.9. The highest BCUT2D eigenvalue weighted by Gasteiger charge is 2.15. The minimum Gasteiger partial charge on any atom is -0.465 e. The number of pyridine rings is 1. The Balaban J connectivity index is 2.10. The van der Waals surface area contributed by atoms with Crippen LogP contribution in [-0.2, 0) is 16.2 Å². The molecule has 0 aliphatic carbocycles. The van der Waals surface area contributed by atoms with E-state index in [1.54, 1.807) is 12.5 Å². The first kappa shape index (κ1) is 15.7. The van der Waals surface area contributed by atoms with E-state index in [0.29, 0.717) is 17.8 Å². The monoisotopic (exact) mass is 307 g/mol. The maximum atomic E-state index is 11.7. The summed E-state index contributed by atoms with van der Waals surface area (Å²) >= 11 is 0. The van der Waals surface area contributed by atoms with Crippen LogP contribution >= 0.6 is 0 Å². The second kappa shape index (κ2) is 6.36. The van der Waals surface area contributed by atoms with Gasteiger partial charge in [0, 0.05) is 20.9 Å². The van der Waals surface area contributed by atoms with Gasteiger partial charge in [-0.1, -0.05) is 19.6 Å². The van der Waals surface area contributed by atoms with Gasteiger partial charge >= 0.3 is 5.97 Å². The zero-order valence-electron chi connectivity index (χ0n) is 12.9. The van der Waals surface area contributed by atoms with Gasteiger partial charge in [-0.25, -0.2) is 9.78 Å². The molecule has 0 atom stereocenters. The second-order valence-corrected chi connectivity index (χ2v) is 11.7. The summed E-state index contributed by atoms with van der Waals surface area (Å²) in [6.07, 6.45) is 4.81. The highest BCUT2D eigenvalue weighted by molar-refractivity contribution is 6.76. The number of nitrogens with zero attached hydrogens (tertiary/aromatic N) is 3. The fourth-order valence-electron chi connectivity index (χ4n) is 1.88. The van der Waals surface area contributed by atoms with Crippen LogP contribution in [0.15, 0.2) is 18.7 Å². The first-order valence-electron chi connectivity index (χ1n) is 6.87. The molecule has 0 spiro atoms. The lowest BCUT2D eigenvalue weighted by molar-refractivity contribution is 0.0602. The van der Waals surface area contributed by atoms with Crippen molar-refractivity contribution < 1.29 is 14.3 Å². The van der Waals surface area contributed by atoms with Gasteiger partial charge < -0.3 is 14.0 Å². The van der Waals surface area contributed by atoms with E-state index in [1.807, 2.05) is 4.57 Å². The molecule has 6 nitrogen and oxygen atoms in total. The summed E-state index contributed by atoms with van der Waals surface area (Å²) in [5, 5.41) is 0. The summed E-state index contributed by atoms with van der Waals surface area (Å²) in [5.41, 5.74) is 1.73. The summed E-state index contributed by atoms with van der Waals surface area (Å²) in [7, 11) is 0.260. The normalized spacial score (nSPS) is 11.8. The molecule has 2 rings (SSSR count). The Bertz CT molecular complexity index is 634. The zero-order chi connectivity index (χ0) is 15.5. The molecule has 7 heteroatoms. The van der Waals surface area contributed by atoms with E-state index in [9.17, 15) is 4.79 Å². The molecule has 0 aliphatic rings. The maximum Gasteiger partial charge on any atom is 0.341 e. The van der Waals surface area contributed by atoms with Crippen LogP contribution in [0.25, 0.3) is 11.0 Å². The third-order valence-electron chi connectivity index (χ3n) is 3.17. The molecular formula is C14H21N3O3Si. The summed E-state index contributed by atoms with van der Waals surface area (Å²) in [6.45, 7) is 8.09. The predicted molar refractivity (Wildman–Crippen MR) is 83.0 cm³/mol. The van der Waals surface area contributed by atoms with E-state index in [1.165, 1.54) is 13.3 Å². The largest absolute Gasteiger partial charge is 0.465 e. The van der Waals surface area contributed by atoms with E-state index in [0.717, 1.165) is 18.2 Å². The number of imidazole rings is 1. The van der Waals surface area contributed by atoms with Crippen molar-refractivity contribution in [1.82, 2.24) is 14.5 Å². The van der Waals surface area contributed by atoms with Gasteiger partial charge in [0.1, 0.15) is 17.8 Å². The van der Waals surface area contributed by atoms with E-state index in [4.69, 9.17) is 9.47 Å². The van der Waals surface area contributed by atoms with Crippen molar-refractivity contribution in [3.63, 3.8) is 0 Å². The Kier molecular flexibility index (Phi) is 4.74. The Hall–Kier alpha value is -1.73. The van der Waals surface area contributed by atoms with E-state index >= 15 is 0 Å². The van der Waals surface area contributed by atoms with E-state index in [-0.39, 0.29) is 0 Å². The molecule has 0 aliphatic heterocycles. The SMILES string of the molecule is COC(=O)c1cncc2c1ncn2COCC[Si](C)(C)C. The fraction of sp³-hybridized carbons (Fsp3) is 0.500. The Labute approximate surface area is 125 Å². The fourth-order valence-corrected chi connectivity index (χ4v) is 2.64. The van der Waals surface area contributed by atoms with Gasteiger partial charge in [0.05, 0.1) is 25.2 Å². The number of aromatic nitrogens is 3. The summed E-state index contributed by atoms with van der Waals surface area (Å²) in [4.78, 5) is 20.0. The average Bonchev–Trinajstić information content (AvgIpc) is 2.85. The van der Waals surface area contributed by atoms with Gasteiger partial charge in [-0.15, -0.1) is 0 Å². The number of hydrogen-bond donors (Lipinski definition) is 0. The average molecular weight is 307 g/mol. The Morgan fingerprint density at radius 2 is 2.10 bits per heavy atom. The molecule has 0 bridgehead atoms. The first-order chi connectivity index (χ1) is 9.92. The molecular weight excluding hydrogens is 286 g/mol. The van der Waals surface area contributed by atoms with E-state index < -0.39 is 14.0 Å². The molecule has 21 heavy (non-hydrogen) atoms. The van der Waals surface area contributed by atoms with Crippen molar-refractivity contribution in [2.75, 3.05) is 13.7 Å². The highest BCUT2D eigenvalue weighted by atomic mass is 28.3. The van der Waals surface area contributed by atoms with Crippen LogP contribution in [0.2, 0.25) is 25.7 Å². The van der Waals surface area contributed by atoms with Crippen molar-refractivity contribution >= 4 is 25.1 Å². The smallest absolute Gasteiger partial charge is 0.341 e. The molecule has 0 N–H and O–H groups in total. The topological polar surface area (TPSA) is 66.2 Å². The van der Waals surface area contributed by atoms with Gasteiger partial charge in [0.15, 0.2) is 0 Å². The van der Waals surface area contributed by atoms with Crippen LogP contribution < -0.4 is 0 Å². The van der Waals surface area contributed by atoms with Crippen molar-refractivity contribution in [2.45, 2.75) is 32.4 Å². The number of fused-ring (bicyclic) bond motifs is 1. The van der Waals surface area contributed by atoms with E-state index in [2.05, 4.69) is 29.6 Å². The third kappa shape index (κ3) is 3.89. The number of ether oxygens (including phenoxy) is 2. The number of methoxy groups -OCH3 is 1. The maximum absolute atomic E-state index is 11.7. The molecule has 2 aromatic heterocycles. The van der Waals surface area contributed by atoms with Gasteiger partial charge in [-0.3, -0.25) is 4.98 Å². The lowest BCUT2D eigenvalue weighted by atomic mass is 10.2. The van der Waals surface area contributed by atoms with Crippen LogP contribution in [-0.4, -0.2) is 42.3 Å². The number of esters is 1. The second-order valence-electron chi connectivity index (χ2n) is 6.11. The quantitative estimate of drug-likeness (QED) is 0.466. The Morgan fingerprint density at radius 1 is 1.33 bits per heavy atom. The molecule has 0 fully saturated rings. The standard InChI is InChI=1S/C14H21N3O3Si/c1-19-14(18)11-7-15-8-12-13(11)16-9-17(12)10-20-5-6-21(2,3)4/h7-9H,5-6,10H2,1-4H3. The molecule has 0 saturated heterocycles. The summed E-state index contributed by atoms with van der Waals surface area (Å²) in [5.74, 6) is -0.432. The van der Waals surface area contributed by atoms with Crippen molar-refractivity contribution in [3.05, 3.63) is 24.3 Å². The lowest BCUT2D eigenvalue weighted by Gasteiger charge is -2.15. The summed E-state index contributed by atoms with van der Waals surface area (Å²) in [6, 6.07) is 1.12. The number of carbonyl (C=O) groups is 1. The van der Waals surface area contributed by atoms with Crippen molar-refractivity contribution in [1.29, 1.82) is 0 Å². The molecule has 0 amide bonds. The first-order valence-corrected chi connectivity index (χ1v) is 10.6. The minimum absolute atomic E-state index is 0.371. The minimum atomic E-state index is -1.09. The molecule has 2 aromatic rings. The predicted octanol–water partition coefficient (Wildman–Crippen LogP) is 2.53. The van der Waals surface area contributed by atoms with Gasteiger partial charge in [-0.05, 0) is 6.04 Å². The van der Waals surface area contributed by atoms with Gasteiger partial charge in [0.2, 0.25) is 0 Å². The third-order valence-corrected chi connectivity index (χ3v) is 4.87. The Morgan fingerprint density at radius 3 is 2.76 bits per heavy atom. The lowest BCUT2D eigenvalue weighted by Crippen LogP contribution is -2.21. The van der Waals surface area contributed by atoms with Gasteiger partial charge in [0.25, 0.3) is 0 Å². The van der Waals surface area contributed by atoms with Crippen molar-refractivity contribution in [3.8, 4) is 0 Å². The number of carbonyl (C=O) groups excluding carboxylic acids is 1. The van der Waals surface area contributed by atoms with Crippen LogP contribution in [0.4, 0.5) is 0 Å². The molecule has 0 saturated carbocycles. The molecule has 0 unspecified atom stereocenters. The number of rotatable bonds is 6. The molecule has 0 aromatic carbocycles. The van der Waals surface area contributed by atoms with Crippen LogP contribution in [0, 0.1) is 0 Å². The van der Waals surface area contributed by atoms with Crippen molar-refractivity contribution in [2.24, 2.45) is 0 Å². The van der Waals surface area contributed by atoms with Crippen LogP contribution in [0.3, 0.4) is 0 Å². The van der Waals surface area contributed by atoms with Gasteiger partial charge in [-0.2, -0.15) is 0 Å².